The van der Waals surface area contributed by atoms with Gasteiger partial charge in [0.1, 0.15) is 0 Å². The van der Waals surface area contributed by atoms with E-state index in [-0.39, 0.29) is 11.0 Å². The van der Waals surface area contributed by atoms with Gasteiger partial charge >= 0.3 is 0 Å². The zero-order valence-corrected chi connectivity index (χ0v) is 5.00. The molecule has 0 radical (unpaired) electrons. The van der Waals surface area contributed by atoms with Crippen LogP contribution in [-0.2, 0) is 0 Å². The first-order valence-corrected chi connectivity index (χ1v) is 5.66. The van der Waals surface area contributed by atoms with E-state index in [1.807, 2.05) is 6.55 Å². The van der Waals surface area contributed by atoms with Gasteiger partial charge in [0.15, 0.2) is 0 Å². The summed E-state index contributed by atoms with van der Waals surface area (Å²) in [6.07, 6.45) is 0. The molecule has 4 heteroatoms. The van der Waals surface area contributed by atoms with Crippen LogP contribution in [0.2, 0.25) is 6.55 Å². The van der Waals surface area contributed by atoms with Crippen LogP contribution in [0, 0.1) is 0 Å². The quantitative estimate of drug-likeness (QED) is 0.330. The third-order valence-corrected chi connectivity index (χ3v) is 0. The lowest BCUT2D eigenvalue weighted by molar-refractivity contribution is 2.34. The summed E-state index contributed by atoms with van der Waals surface area (Å²) in [5.41, 5.74) is 0. The highest BCUT2D eigenvalue weighted by Crippen LogP contribution is 1.89. The molecule has 0 amide bonds. The zero-order valence-electron chi connectivity index (χ0n) is 2.33. The largest absolute Gasteiger partial charge is 0.234 e. The molecule has 0 bridgehead atoms. The normalized spacial score (nSPS) is 7.20. The fourth-order valence-corrected chi connectivity index (χ4v) is 0. The molecular weight excluding hydrogens is 139 g/mol. The molecule has 0 N–H and O–H groups in total. The van der Waals surface area contributed by atoms with Gasteiger partial charge in [-0.25, -0.2) is 0 Å². The van der Waals surface area contributed by atoms with E-state index in [2.05, 4.69) is 0 Å². The minimum absolute atomic E-state index is 0. The molecule has 0 saturated heterocycles. The lowest BCUT2D eigenvalue weighted by Crippen LogP contribution is -1.72. The Morgan fingerprint density at radius 1 is 1.40 bits per heavy atom. The van der Waals surface area contributed by atoms with Crippen LogP contribution in [0.4, 0.5) is 0 Å². The lowest BCUT2D eigenvalue weighted by atomic mass is 11.9. The predicted octanol–water partition coefficient (Wildman–Crippen LogP) is -0.137. The van der Waals surface area contributed by atoms with Crippen LogP contribution in [0.5, 0.6) is 0 Å². The Balaban J connectivity index is 0. The molecule has 0 aliphatic carbocycles. The molecule has 0 heterocycles. The van der Waals surface area contributed by atoms with Crippen molar-refractivity contribution in [2.75, 3.05) is 0 Å². The average Bonchev–Trinajstić information content (AvgIpc) is 0.811. The molecule has 0 fully saturated rings. The first kappa shape index (κ1) is 9.38. The van der Waals surface area contributed by atoms with Crippen molar-refractivity contribution in [3.63, 3.8) is 0 Å². The van der Waals surface area contributed by atoms with E-state index in [1.54, 1.807) is 0 Å². The molecular formula is CH8Cl2Si2. The topological polar surface area (TPSA) is 0 Å². The van der Waals surface area contributed by atoms with E-state index in [9.17, 15) is 0 Å². The minimum Gasteiger partial charge on any atom is -0.151 e. The van der Waals surface area contributed by atoms with Crippen LogP contribution in [-0.4, -0.2) is 18.4 Å². The summed E-state index contributed by atoms with van der Waals surface area (Å²) in [6.45, 7) is 1.84. The third-order valence-electron chi connectivity index (χ3n) is 0. The van der Waals surface area contributed by atoms with E-state index in [1.165, 1.54) is 0 Å². The van der Waals surface area contributed by atoms with Gasteiger partial charge in [0.25, 0.3) is 0 Å². The van der Waals surface area contributed by atoms with Gasteiger partial charge in [-0.15, -0.1) is 0 Å². The fraction of sp³-hybridized carbons (Fsp3) is 1.00. The maximum atomic E-state index is 5.18. The summed E-state index contributed by atoms with van der Waals surface area (Å²) >= 11 is 10.4. The van der Waals surface area contributed by atoms with Crippen LogP contribution in [0.3, 0.4) is 0 Å². The lowest BCUT2D eigenvalue weighted by Gasteiger charge is -1.68. The van der Waals surface area contributed by atoms with Gasteiger partial charge in [-0.2, -0.15) is 22.2 Å². The Kier molecular flexibility index (Phi) is 9.41. The van der Waals surface area contributed by atoms with Crippen LogP contribution in [0.15, 0.2) is 0 Å². The zero-order chi connectivity index (χ0) is 3.58. The molecule has 0 nitrogen and oxygen atoms in total. The van der Waals surface area contributed by atoms with Gasteiger partial charge in [0.05, 0.1) is 0 Å². The molecule has 0 aliphatic rings. The molecule has 0 rings (SSSR count). The number of hydrogen-bond donors (Lipinski definition) is 0. The van der Waals surface area contributed by atoms with E-state index in [0.29, 0.717) is 0 Å². The second-order valence-corrected chi connectivity index (χ2v) is 6.15. The van der Waals surface area contributed by atoms with E-state index >= 15 is 0 Å². The first-order valence-electron chi connectivity index (χ1n) is 1.01. The SMILES string of the molecule is C[SiH](Cl)Cl.[SiH4]. The van der Waals surface area contributed by atoms with Crippen LogP contribution in [0.1, 0.15) is 0 Å². The molecule has 0 saturated carbocycles. The maximum absolute atomic E-state index is 5.18. The van der Waals surface area contributed by atoms with Crippen molar-refractivity contribution in [2.24, 2.45) is 0 Å². The van der Waals surface area contributed by atoms with E-state index in [0.717, 1.165) is 0 Å². The number of rotatable bonds is 0. The van der Waals surface area contributed by atoms with Gasteiger partial charge in [0, 0.05) is 0 Å². The monoisotopic (exact) mass is 146 g/mol. The molecule has 5 heavy (non-hydrogen) atoms. The Morgan fingerprint density at radius 3 is 1.40 bits per heavy atom. The first-order chi connectivity index (χ1) is 1.73. The molecule has 0 aromatic carbocycles. The average molecular weight is 147 g/mol. The molecule has 0 spiro atoms. The van der Waals surface area contributed by atoms with E-state index in [4.69, 9.17) is 22.2 Å². The number of halogens is 2. The Morgan fingerprint density at radius 2 is 1.40 bits per heavy atom. The van der Waals surface area contributed by atoms with Gasteiger partial charge < -0.3 is 0 Å². The Labute approximate surface area is 47.5 Å². The highest BCUT2D eigenvalue weighted by atomic mass is 35.7. The molecule has 34 valence electrons. The smallest absolute Gasteiger partial charge is 0.151 e. The van der Waals surface area contributed by atoms with Crippen LogP contribution >= 0.6 is 22.2 Å². The van der Waals surface area contributed by atoms with Gasteiger partial charge in [-0.3, -0.25) is 0 Å². The minimum atomic E-state index is -1.19. The summed E-state index contributed by atoms with van der Waals surface area (Å²) in [7, 11) is -1.19. The van der Waals surface area contributed by atoms with Crippen molar-refractivity contribution in [3.05, 3.63) is 0 Å². The van der Waals surface area contributed by atoms with Crippen LogP contribution in [0.25, 0.3) is 0 Å². The standard InChI is InChI=1S/CH4Cl2Si.H4Si/c1-4(2)3;/h4H,1H3;1H4. The van der Waals surface area contributed by atoms with Crippen molar-refractivity contribution in [1.29, 1.82) is 0 Å². The van der Waals surface area contributed by atoms with Crippen LogP contribution < -0.4 is 0 Å². The number of hydrogen-bond acceptors (Lipinski definition) is 0. The molecule has 0 aliphatic heterocycles. The second-order valence-electron chi connectivity index (χ2n) is 0.519. The Hall–Kier alpha value is 1.01. The van der Waals surface area contributed by atoms with Crippen molar-refractivity contribution < 1.29 is 0 Å². The highest BCUT2D eigenvalue weighted by Gasteiger charge is 1.80. The van der Waals surface area contributed by atoms with Crippen molar-refractivity contribution in [2.45, 2.75) is 6.55 Å². The van der Waals surface area contributed by atoms with Gasteiger partial charge in [0.2, 0.25) is 7.42 Å². The van der Waals surface area contributed by atoms with Crippen molar-refractivity contribution >= 4 is 40.5 Å². The molecule has 0 aromatic heterocycles. The fourth-order valence-electron chi connectivity index (χ4n) is 0. The predicted molar refractivity (Wildman–Crippen MR) is 36.1 cm³/mol. The summed E-state index contributed by atoms with van der Waals surface area (Å²) in [5.74, 6) is 0. The molecule has 0 unspecified atom stereocenters. The van der Waals surface area contributed by atoms with Crippen molar-refractivity contribution in [3.8, 4) is 0 Å². The molecule has 0 aromatic rings. The summed E-state index contributed by atoms with van der Waals surface area (Å²) < 4.78 is 0. The summed E-state index contributed by atoms with van der Waals surface area (Å²) in [6, 6.07) is 0. The van der Waals surface area contributed by atoms with Gasteiger partial charge in [-0.05, 0) is 17.5 Å². The van der Waals surface area contributed by atoms with E-state index < -0.39 is 7.42 Å². The maximum Gasteiger partial charge on any atom is 0.234 e. The third kappa shape index (κ3) is 44.3. The summed E-state index contributed by atoms with van der Waals surface area (Å²) in [5, 5.41) is 0. The Bertz CT molecular complexity index is 12.4. The second kappa shape index (κ2) is 5.01. The summed E-state index contributed by atoms with van der Waals surface area (Å²) in [4.78, 5) is 0. The highest BCUT2D eigenvalue weighted by molar-refractivity contribution is 7.33. The van der Waals surface area contributed by atoms with Crippen molar-refractivity contribution in [1.82, 2.24) is 0 Å². The van der Waals surface area contributed by atoms with Gasteiger partial charge in [-0.1, -0.05) is 0 Å². The molecule has 0 atom stereocenters.